The molecule has 2 rings (SSSR count). The van der Waals surface area contributed by atoms with Gasteiger partial charge < -0.3 is 14.8 Å². The standard InChI is InChI=1S/C17H17ClN2O5/c1-24-13-5-7-16(25-2)11(9-13)3-8-17(21)19-15-6-4-12(20(22)23)10-14(15)18/h4-7,9-10H,3,8H2,1-2H3,(H,19,21). The Kier molecular flexibility index (Phi) is 6.19. The van der Waals surface area contributed by atoms with E-state index in [2.05, 4.69) is 5.32 Å². The predicted molar refractivity (Wildman–Crippen MR) is 94.6 cm³/mol. The number of rotatable bonds is 7. The number of methoxy groups -OCH3 is 2. The fourth-order valence-corrected chi connectivity index (χ4v) is 2.48. The normalized spacial score (nSPS) is 10.2. The van der Waals surface area contributed by atoms with Gasteiger partial charge in [-0.2, -0.15) is 0 Å². The van der Waals surface area contributed by atoms with Crippen LogP contribution in [0, 0.1) is 10.1 Å². The van der Waals surface area contributed by atoms with Crippen molar-refractivity contribution >= 4 is 28.9 Å². The molecule has 0 unspecified atom stereocenters. The van der Waals surface area contributed by atoms with E-state index in [0.717, 1.165) is 5.56 Å². The maximum absolute atomic E-state index is 12.1. The van der Waals surface area contributed by atoms with E-state index in [1.165, 1.54) is 18.2 Å². The van der Waals surface area contributed by atoms with E-state index in [-0.39, 0.29) is 23.0 Å². The van der Waals surface area contributed by atoms with Gasteiger partial charge in [-0.15, -0.1) is 0 Å². The molecule has 0 heterocycles. The summed E-state index contributed by atoms with van der Waals surface area (Å²) in [4.78, 5) is 22.3. The van der Waals surface area contributed by atoms with Crippen molar-refractivity contribution in [2.45, 2.75) is 12.8 Å². The van der Waals surface area contributed by atoms with Gasteiger partial charge in [0.05, 0.1) is 29.9 Å². The van der Waals surface area contributed by atoms with Crippen molar-refractivity contribution in [3.8, 4) is 11.5 Å². The fraction of sp³-hybridized carbons (Fsp3) is 0.235. The van der Waals surface area contributed by atoms with Crippen LogP contribution >= 0.6 is 11.6 Å². The van der Waals surface area contributed by atoms with Gasteiger partial charge in [0.1, 0.15) is 11.5 Å². The van der Waals surface area contributed by atoms with Crippen LogP contribution < -0.4 is 14.8 Å². The van der Waals surface area contributed by atoms with Crippen LogP contribution in [-0.2, 0) is 11.2 Å². The maximum atomic E-state index is 12.1. The van der Waals surface area contributed by atoms with Crippen molar-refractivity contribution in [2.24, 2.45) is 0 Å². The molecule has 25 heavy (non-hydrogen) atoms. The van der Waals surface area contributed by atoms with Crippen molar-refractivity contribution in [2.75, 3.05) is 19.5 Å². The molecule has 0 saturated heterocycles. The van der Waals surface area contributed by atoms with Crippen LogP contribution in [0.15, 0.2) is 36.4 Å². The summed E-state index contributed by atoms with van der Waals surface area (Å²) in [5, 5.41) is 13.5. The molecule has 1 N–H and O–H groups in total. The molecule has 2 aromatic carbocycles. The first-order chi connectivity index (χ1) is 11.9. The highest BCUT2D eigenvalue weighted by atomic mass is 35.5. The summed E-state index contributed by atoms with van der Waals surface area (Å²) in [5.41, 5.74) is 1.03. The first-order valence-electron chi connectivity index (χ1n) is 7.39. The number of non-ortho nitro benzene ring substituents is 1. The Bertz CT molecular complexity index is 795. The number of anilines is 1. The lowest BCUT2D eigenvalue weighted by molar-refractivity contribution is -0.384. The lowest BCUT2D eigenvalue weighted by Crippen LogP contribution is -2.13. The van der Waals surface area contributed by atoms with Gasteiger partial charge in [-0.25, -0.2) is 0 Å². The number of hydrogen-bond acceptors (Lipinski definition) is 5. The minimum Gasteiger partial charge on any atom is -0.497 e. The smallest absolute Gasteiger partial charge is 0.271 e. The summed E-state index contributed by atoms with van der Waals surface area (Å²) >= 11 is 5.97. The third-order valence-electron chi connectivity index (χ3n) is 3.55. The van der Waals surface area contributed by atoms with Gasteiger partial charge in [0.25, 0.3) is 5.69 Å². The number of amides is 1. The highest BCUT2D eigenvalue weighted by Crippen LogP contribution is 2.28. The predicted octanol–water partition coefficient (Wildman–Crippen LogP) is 3.84. The van der Waals surface area contributed by atoms with E-state index in [9.17, 15) is 14.9 Å². The van der Waals surface area contributed by atoms with Crippen LogP contribution in [0.5, 0.6) is 11.5 Å². The number of aryl methyl sites for hydroxylation is 1. The van der Waals surface area contributed by atoms with Gasteiger partial charge in [-0.05, 0) is 36.2 Å². The minimum atomic E-state index is -0.549. The number of nitrogens with one attached hydrogen (secondary N) is 1. The molecule has 0 aliphatic heterocycles. The number of carbonyl (C=O) groups excluding carboxylic acids is 1. The Labute approximate surface area is 149 Å². The van der Waals surface area contributed by atoms with Crippen LogP contribution in [0.4, 0.5) is 11.4 Å². The van der Waals surface area contributed by atoms with Gasteiger partial charge in [0.15, 0.2) is 0 Å². The van der Waals surface area contributed by atoms with Gasteiger partial charge in [-0.3, -0.25) is 14.9 Å². The number of nitrogens with zero attached hydrogens (tertiary/aromatic N) is 1. The van der Waals surface area contributed by atoms with E-state index in [1.54, 1.807) is 26.4 Å². The lowest BCUT2D eigenvalue weighted by atomic mass is 10.1. The molecule has 0 spiro atoms. The van der Waals surface area contributed by atoms with E-state index in [0.29, 0.717) is 23.6 Å². The molecule has 132 valence electrons. The van der Waals surface area contributed by atoms with Crippen LogP contribution in [-0.4, -0.2) is 25.1 Å². The third kappa shape index (κ3) is 4.84. The van der Waals surface area contributed by atoms with Crippen molar-refractivity contribution < 1.29 is 19.2 Å². The summed E-state index contributed by atoms with van der Waals surface area (Å²) in [6.07, 6.45) is 0.633. The zero-order chi connectivity index (χ0) is 18.4. The first kappa shape index (κ1) is 18.5. The number of nitro groups is 1. The molecular formula is C17H17ClN2O5. The van der Waals surface area contributed by atoms with E-state index in [4.69, 9.17) is 21.1 Å². The molecule has 0 aliphatic rings. The third-order valence-corrected chi connectivity index (χ3v) is 3.86. The topological polar surface area (TPSA) is 90.7 Å². The Morgan fingerprint density at radius 2 is 1.96 bits per heavy atom. The summed E-state index contributed by atoms with van der Waals surface area (Å²) in [6, 6.07) is 9.25. The molecule has 0 saturated carbocycles. The molecule has 0 aromatic heterocycles. The second kappa shape index (κ2) is 8.34. The van der Waals surface area contributed by atoms with Crippen LogP contribution in [0.3, 0.4) is 0 Å². The molecule has 0 radical (unpaired) electrons. The van der Waals surface area contributed by atoms with Gasteiger partial charge in [0.2, 0.25) is 5.91 Å². The molecular weight excluding hydrogens is 348 g/mol. The Balaban J connectivity index is 2.03. The summed E-state index contributed by atoms with van der Waals surface area (Å²) in [6.45, 7) is 0. The number of benzene rings is 2. The van der Waals surface area contributed by atoms with Gasteiger partial charge in [0, 0.05) is 18.6 Å². The molecule has 0 aliphatic carbocycles. The Morgan fingerprint density at radius 1 is 1.20 bits per heavy atom. The minimum absolute atomic E-state index is 0.113. The monoisotopic (exact) mass is 364 g/mol. The van der Waals surface area contributed by atoms with Crippen LogP contribution in [0.2, 0.25) is 5.02 Å². The second-order valence-corrected chi connectivity index (χ2v) is 5.55. The van der Waals surface area contributed by atoms with E-state index in [1.807, 2.05) is 6.07 Å². The highest BCUT2D eigenvalue weighted by molar-refractivity contribution is 6.33. The van der Waals surface area contributed by atoms with Crippen molar-refractivity contribution in [3.63, 3.8) is 0 Å². The molecule has 2 aromatic rings. The first-order valence-corrected chi connectivity index (χ1v) is 7.77. The van der Waals surface area contributed by atoms with E-state index < -0.39 is 4.92 Å². The second-order valence-electron chi connectivity index (χ2n) is 5.15. The van der Waals surface area contributed by atoms with Crippen LogP contribution in [0.25, 0.3) is 0 Å². The van der Waals surface area contributed by atoms with Crippen molar-refractivity contribution in [1.29, 1.82) is 0 Å². The quantitative estimate of drug-likeness (QED) is 0.595. The zero-order valence-corrected chi connectivity index (χ0v) is 14.5. The SMILES string of the molecule is COc1ccc(OC)c(CCC(=O)Nc2ccc([N+](=O)[O-])cc2Cl)c1. The number of nitro benzene ring substituents is 1. The molecule has 7 nitrogen and oxygen atoms in total. The summed E-state index contributed by atoms with van der Waals surface area (Å²) < 4.78 is 10.5. The van der Waals surface area contributed by atoms with E-state index >= 15 is 0 Å². The maximum Gasteiger partial charge on any atom is 0.271 e. The molecule has 0 atom stereocenters. The van der Waals surface area contributed by atoms with Crippen molar-refractivity contribution in [1.82, 2.24) is 0 Å². The van der Waals surface area contributed by atoms with Gasteiger partial charge >= 0.3 is 0 Å². The van der Waals surface area contributed by atoms with Crippen LogP contribution in [0.1, 0.15) is 12.0 Å². The number of hydrogen-bond donors (Lipinski definition) is 1. The van der Waals surface area contributed by atoms with Gasteiger partial charge in [-0.1, -0.05) is 11.6 Å². The summed E-state index contributed by atoms with van der Waals surface area (Å²) in [7, 11) is 3.12. The largest absolute Gasteiger partial charge is 0.497 e. The highest BCUT2D eigenvalue weighted by Gasteiger charge is 2.13. The zero-order valence-electron chi connectivity index (χ0n) is 13.7. The van der Waals surface area contributed by atoms with Crippen molar-refractivity contribution in [3.05, 3.63) is 57.1 Å². The molecule has 0 fully saturated rings. The summed E-state index contributed by atoms with van der Waals surface area (Å²) in [5.74, 6) is 1.08. The Morgan fingerprint density at radius 3 is 2.56 bits per heavy atom. The Hall–Kier alpha value is -2.80. The molecule has 1 amide bonds. The number of ether oxygens (including phenoxy) is 2. The molecule has 0 bridgehead atoms. The molecule has 8 heteroatoms. The lowest BCUT2D eigenvalue weighted by Gasteiger charge is -2.11. The average Bonchev–Trinajstić information content (AvgIpc) is 2.61. The fourth-order valence-electron chi connectivity index (χ4n) is 2.26. The average molecular weight is 365 g/mol. The number of carbonyl (C=O) groups is 1. The number of halogens is 1.